The van der Waals surface area contributed by atoms with Gasteiger partial charge in [-0.1, -0.05) is 0 Å². The van der Waals surface area contributed by atoms with Gasteiger partial charge in [0.25, 0.3) is 0 Å². The quantitative estimate of drug-likeness (QED) is 0.525. The van der Waals surface area contributed by atoms with E-state index in [9.17, 15) is 4.79 Å². The van der Waals surface area contributed by atoms with Gasteiger partial charge in [0.05, 0.1) is 0 Å². The predicted molar refractivity (Wildman–Crippen MR) is 51.5 cm³/mol. The van der Waals surface area contributed by atoms with Gasteiger partial charge in [-0.2, -0.15) is 11.3 Å². The number of allylic oxidation sites excluding steroid dienone is 1. The van der Waals surface area contributed by atoms with Crippen molar-refractivity contribution in [3.8, 4) is 0 Å². The van der Waals surface area contributed by atoms with Gasteiger partial charge < -0.3 is 4.90 Å². The van der Waals surface area contributed by atoms with Crippen LogP contribution in [0.25, 0.3) is 0 Å². The fourth-order valence-corrected chi connectivity index (χ4v) is 1.36. The van der Waals surface area contributed by atoms with Gasteiger partial charge in [-0.3, -0.25) is 4.79 Å². The lowest BCUT2D eigenvalue weighted by molar-refractivity contribution is 0.104. The summed E-state index contributed by atoms with van der Waals surface area (Å²) in [7, 11) is 3.77. The van der Waals surface area contributed by atoms with Crippen molar-refractivity contribution in [1.29, 1.82) is 0 Å². The van der Waals surface area contributed by atoms with Crippen LogP contribution in [0.1, 0.15) is 10.4 Å². The van der Waals surface area contributed by atoms with Crippen LogP contribution in [0.2, 0.25) is 0 Å². The molecule has 64 valence electrons. The van der Waals surface area contributed by atoms with Crippen LogP contribution in [0.5, 0.6) is 0 Å². The van der Waals surface area contributed by atoms with Crippen molar-refractivity contribution in [2.45, 2.75) is 0 Å². The zero-order valence-corrected chi connectivity index (χ0v) is 7.97. The molecule has 0 atom stereocenters. The first-order valence-corrected chi connectivity index (χ1v) is 4.55. The van der Waals surface area contributed by atoms with Crippen LogP contribution in [-0.2, 0) is 0 Å². The highest BCUT2D eigenvalue weighted by Gasteiger charge is 1.99. The zero-order chi connectivity index (χ0) is 8.97. The highest BCUT2D eigenvalue weighted by Crippen LogP contribution is 2.07. The summed E-state index contributed by atoms with van der Waals surface area (Å²) in [6, 6.07) is 1.83. The molecular formula is C9H11NOS. The maximum Gasteiger partial charge on any atom is 0.188 e. The molecular weight excluding hydrogens is 170 g/mol. The van der Waals surface area contributed by atoms with Crippen LogP contribution in [-0.4, -0.2) is 24.8 Å². The van der Waals surface area contributed by atoms with Gasteiger partial charge in [-0.15, -0.1) is 0 Å². The van der Waals surface area contributed by atoms with Crippen LogP contribution < -0.4 is 0 Å². The molecule has 0 aliphatic heterocycles. The molecule has 0 unspecified atom stereocenters. The van der Waals surface area contributed by atoms with E-state index in [1.54, 1.807) is 12.3 Å². The minimum Gasteiger partial charge on any atom is -0.383 e. The molecule has 0 fully saturated rings. The molecule has 0 amide bonds. The van der Waals surface area contributed by atoms with E-state index in [-0.39, 0.29) is 5.78 Å². The molecule has 0 N–H and O–H groups in total. The number of rotatable bonds is 3. The third-order valence-electron chi connectivity index (χ3n) is 1.33. The van der Waals surface area contributed by atoms with Crippen LogP contribution in [0.3, 0.4) is 0 Å². The number of ketones is 1. The summed E-state index contributed by atoms with van der Waals surface area (Å²) in [5.74, 6) is 0.0601. The summed E-state index contributed by atoms with van der Waals surface area (Å²) in [5, 5.41) is 3.75. The Labute approximate surface area is 76.1 Å². The fraction of sp³-hybridized carbons (Fsp3) is 0.222. The normalized spacial score (nSPS) is 10.5. The van der Waals surface area contributed by atoms with Crippen molar-refractivity contribution >= 4 is 17.1 Å². The molecule has 0 spiro atoms. The lowest BCUT2D eigenvalue weighted by Gasteiger charge is -2.01. The van der Waals surface area contributed by atoms with Crippen LogP contribution in [0.4, 0.5) is 0 Å². The molecule has 3 heteroatoms. The summed E-state index contributed by atoms with van der Waals surface area (Å²) >= 11 is 1.53. The highest BCUT2D eigenvalue weighted by atomic mass is 32.1. The number of hydrogen-bond acceptors (Lipinski definition) is 3. The Kier molecular flexibility index (Phi) is 3.05. The topological polar surface area (TPSA) is 20.3 Å². The second-order valence-electron chi connectivity index (χ2n) is 2.66. The summed E-state index contributed by atoms with van der Waals surface area (Å²) in [6.07, 6.45) is 3.32. The Morgan fingerprint density at radius 2 is 2.33 bits per heavy atom. The van der Waals surface area contributed by atoms with Crippen molar-refractivity contribution < 1.29 is 4.79 Å². The summed E-state index contributed by atoms with van der Waals surface area (Å²) < 4.78 is 0. The molecule has 0 radical (unpaired) electrons. The van der Waals surface area contributed by atoms with E-state index >= 15 is 0 Å². The van der Waals surface area contributed by atoms with Gasteiger partial charge in [0.1, 0.15) is 0 Å². The third-order valence-corrected chi connectivity index (χ3v) is 2.01. The molecule has 1 aromatic heterocycles. The first-order chi connectivity index (χ1) is 5.70. The van der Waals surface area contributed by atoms with Crippen LogP contribution in [0.15, 0.2) is 29.1 Å². The van der Waals surface area contributed by atoms with Gasteiger partial charge in [0, 0.05) is 37.3 Å². The molecule has 2 nitrogen and oxygen atoms in total. The minimum atomic E-state index is 0.0601. The molecule has 1 rings (SSSR count). The summed E-state index contributed by atoms with van der Waals surface area (Å²) in [5.41, 5.74) is 0.762. The summed E-state index contributed by atoms with van der Waals surface area (Å²) in [4.78, 5) is 13.1. The van der Waals surface area contributed by atoms with E-state index in [1.807, 2.05) is 35.8 Å². The van der Waals surface area contributed by atoms with Crippen LogP contribution >= 0.6 is 11.3 Å². The number of thiophene rings is 1. The standard InChI is InChI=1S/C9H11NOS/c1-10(2)5-3-9(11)8-4-6-12-7-8/h3-7H,1-2H3/b5-3+. The molecule has 0 saturated carbocycles. The molecule has 0 aromatic carbocycles. The smallest absolute Gasteiger partial charge is 0.188 e. The molecule has 12 heavy (non-hydrogen) atoms. The fourth-order valence-electron chi connectivity index (χ4n) is 0.718. The van der Waals surface area contributed by atoms with E-state index in [0.717, 1.165) is 5.56 Å². The zero-order valence-electron chi connectivity index (χ0n) is 7.15. The maximum atomic E-state index is 11.3. The Morgan fingerprint density at radius 1 is 1.58 bits per heavy atom. The Balaban J connectivity index is 2.62. The molecule has 0 saturated heterocycles. The molecule has 1 heterocycles. The molecule has 0 bridgehead atoms. The maximum absolute atomic E-state index is 11.3. The Morgan fingerprint density at radius 3 is 2.83 bits per heavy atom. The third kappa shape index (κ3) is 2.51. The minimum absolute atomic E-state index is 0.0601. The van der Waals surface area contributed by atoms with Gasteiger partial charge in [-0.05, 0) is 11.4 Å². The van der Waals surface area contributed by atoms with Crippen molar-refractivity contribution in [3.05, 3.63) is 34.7 Å². The average Bonchev–Trinajstić information content (AvgIpc) is 2.51. The van der Waals surface area contributed by atoms with Gasteiger partial charge in [0.15, 0.2) is 5.78 Å². The molecule has 1 aromatic rings. The lowest BCUT2D eigenvalue weighted by Crippen LogP contribution is -2.02. The van der Waals surface area contributed by atoms with Gasteiger partial charge >= 0.3 is 0 Å². The summed E-state index contributed by atoms with van der Waals surface area (Å²) in [6.45, 7) is 0. The number of nitrogens with zero attached hydrogens (tertiary/aromatic N) is 1. The van der Waals surface area contributed by atoms with E-state index in [2.05, 4.69) is 0 Å². The monoisotopic (exact) mass is 181 g/mol. The Bertz CT molecular complexity index is 275. The van der Waals surface area contributed by atoms with Crippen LogP contribution in [0, 0.1) is 0 Å². The lowest BCUT2D eigenvalue weighted by atomic mass is 10.2. The largest absolute Gasteiger partial charge is 0.383 e. The van der Waals surface area contributed by atoms with E-state index in [4.69, 9.17) is 0 Å². The van der Waals surface area contributed by atoms with E-state index < -0.39 is 0 Å². The average molecular weight is 181 g/mol. The molecule has 0 aliphatic carbocycles. The molecule has 0 aliphatic rings. The predicted octanol–water partition coefficient (Wildman–Crippen LogP) is 2.01. The number of hydrogen-bond donors (Lipinski definition) is 0. The number of carbonyl (C=O) groups is 1. The first kappa shape index (κ1) is 9.00. The van der Waals surface area contributed by atoms with E-state index in [1.165, 1.54) is 11.3 Å². The SMILES string of the molecule is CN(C)/C=C/C(=O)c1ccsc1. The Hall–Kier alpha value is -1.09. The number of carbonyl (C=O) groups excluding carboxylic acids is 1. The second kappa shape index (κ2) is 4.07. The van der Waals surface area contributed by atoms with Gasteiger partial charge in [-0.25, -0.2) is 0 Å². The van der Waals surface area contributed by atoms with Crippen molar-refractivity contribution in [3.63, 3.8) is 0 Å². The van der Waals surface area contributed by atoms with Crippen molar-refractivity contribution in [1.82, 2.24) is 4.90 Å². The van der Waals surface area contributed by atoms with Crippen molar-refractivity contribution in [2.24, 2.45) is 0 Å². The first-order valence-electron chi connectivity index (χ1n) is 3.61. The second-order valence-corrected chi connectivity index (χ2v) is 3.44. The van der Waals surface area contributed by atoms with Crippen molar-refractivity contribution in [2.75, 3.05) is 14.1 Å². The highest BCUT2D eigenvalue weighted by molar-refractivity contribution is 7.08. The van der Waals surface area contributed by atoms with Gasteiger partial charge in [0.2, 0.25) is 0 Å². The van der Waals surface area contributed by atoms with E-state index in [0.29, 0.717) is 0 Å².